The zero-order chi connectivity index (χ0) is 18.0. The van der Waals surface area contributed by atoms with Crippen molar-refractivity contribution in [2.45, 2.75) is 12.8 Å². The lowest BCUT2D eigenvalue weighted by Crippen LogP contribution is -2.40. The van der Waals surface area contributed by atoms with Gasteiger partial charge in [-0.15, -0.1) is 0 Å². The molecular formula is C19H27FN2O3. The summed E-state index contributed by atoms with van der Waals surface area (Å²) >= 11 is 0. The van der Waals surface area contributed by atoms with Gasteiger partial charge in [0.25, 0.3) is 5.91 Å². The van der Waals surface area contributed by atoms with Crippen LogP contribution in [0.5, 0.6) is 5.75 Å². The molecule has 1 aromatic carbocycles. The molecule has 0 bridgehead atoms. The molecule has 138 valence electrons. The summed E-state index contributed by atoms with van der Waals surface area (Å²) in [6.45, 7) is 3.89. The SMILES string of the molecule is COc1ccc(C(=O)N2CC(CN(C)C)C3(CCOCC3)C2)cc1F. The Labute approximate surface area is 148 Å². The molecule has 0 aliphatic carbocycles. The average Bonchev–Trinajstić information content (AvgIpc) is 2.92. The van der Waals surface area contributed by atoms with E-state index < -0.39 is 5.82 Å². The lowest BCUT2D eigenvalue weighted by atomic mass is 9.72. The number of carbonyl (C=O) groups is 1. The first kappa shape index (κ1) is 18.1. The fourth-order valence-corrected chi connectivity index (χ4v) is 4.21. The largest absolute Gasteiger partial charge is 0.494 e. The first-order valence-electron chi connectivity index (χ1n) is 8.80. The lowest BCUT2D eigenvalue weighted by molar-refractivity contribution is -0.00451. The molecule has 2 saturated heterocycles. The number of rotatable bonds is 4. The fourth-order valence-electron chi connectivity index (χ4n) is 4.21. The van der Waals surface area contributed by atoms with Gasteiger partial charge in [0, 0.05) is 38.4 Å². The second-order valence-electron chi connectivity index (χ2n) is 7.47. The molecule has 0 aromatic heterocycles. The maximum absolute atomic E-state index is 14.0. The second-order valence-corrected chi connectivity index (χ2v) is 7.47. The quantitative estimate of drug-likeness (QED) is 0.835. The summed E-state index contributed by atoms with van der Waals surface area (Å²) in [5.41, 5.74) is 0.495. The molecule has 6 heteroatoms. The van der Waals surface area contributed by atoms with E-state index in [0.717, 1.165) is 39.1 Å². The van der Waals surface area contributed by atoms with Gasteiger partial charge in [-0.05, 0) is 56.5 Å². The van der Waals surface area contributed by atoms with Gasteiger partial charge in [-0.25, -0.2) is 4.39 Å². The maximum atomic E-state index is 14.0. The van der Waals surface area contributed by atoms with Gasteiger partial charge in [0.05, 0.1) is 7.11 Å². The van der Waals surface area contributed by atoms with Crippen molar-refractivity contribution in [2.75, 3.05) is 54.1 Å². The number of methoxy groups -OCH3 is 1. The maximum Gasteiger partial charge on any atom is 0.253 e. The number of ether oxygens (including phenoxy) is 2. The Hall–Kier alpha value is -1.66. The van der Waals surface area contributed by atoms with Crippen LogP contribution in [0.25, 0.3) is 0 Å². The van der Waals surface area contributed by atoms with Gasteiger partial charge in [-0.1, -0.05) is 0 Å². The van der Waals surface area contributed by atoms with Crippen LogP contribution in [0.4, 0.5) is 4.39 Å². The van der Waals surface area contributed by atoms with Crippen molar-refractivity contribution < 1.29 is 18.7 Å². The molecule has 5 nitrogen and oxygen atoms in total. The Morgan fingerprint density at radius 2 is 2.12 bits per heavy atom. The average molecular weight is 350 g/mol. The molecule has 25 heavy (non-hydrogen) atoms. The number of nitrogens with zero attached hydrogens (tertiary/aromatic N) is 2. The molecular weight excluding hydrogens is 323 g/mol. The second kappa shape index (κ2) is 7.30. The highest BCUT2D eigenvalue weighted by Gasteiger charge is 2.48. The van der Waals surface area contributed by atoms with E-state index in [4.69, 9.17) is 9.47 Å². The molecule has 0 radical (unpaired) electrons. The van der Waals surface area contributed by atoms with Gasteiger partial charge in [0.15, 0.2) is 11.6 Å². The van der Waals surface area contributed by atoms with Crippen LogP contribution in [0.15, 0.2) is 18.2 Å². The third kappa shape index (κ3) is 3.65. The van der Waals surface area contributed by atoms with Crippen LogP contribution >= 0.6 is 0 Å². The zero-order valence-corrected chi connectivity index (χ0v) is 15.3. The minimum Gasteiger partial charge on any atom is -0.494 e. The summed E-state index contributed by atoms with van der Waals surface area (Å²) in [4.78, 5) is 17.0. The van der Waals surface area contributed by atoms with E-state index in [0.29, 0.717) is 18.0 Å². The highest BCUT2D eigenvalue weighted by Crippen LogP contribution is 2.44. The molecule has 1 aromatic rings. The van der Waals surface area contributed by atoms with Crippen LogP contribution in [0, 0.1) is 17.2 Å². The fraction of sp³-hybridized carbons (Fsp3) is 0.632. The highest BCUT2D eigenvalue weighted by molar-refractivity contribution is 5.94. The van der Waals surface area contributed by atoms with E-state index in [1.807, 2.05) is 4.90 Å². The van der Waals surface area contributed by atoms with Gasteiger partial charge in [-0.3, -0.25) is 4.79 Å². The first-order valence-corrected chi connectivity index (χ1v) is 8.80. The Morgan fingerprint density at radius 1 is 1.40 bits per heavy atom. The number of likely N-dealkylation sites (tertiary alicyclic amines) is 1. The van der Waals surface area contributed by atoms with E-state index in [9.17, 15) is 9.18 Å². The van der Waals surface area contributed by atoms with Crippen molar-refractivity contribution in [1.82, 2.24) is 9.80 Å². The lowest BCUT2D eigenvalue weighted by Gasteiger charge is -2.38. The predicted molar refractivity (Wildman–Crippen MR) is 93.4 cm³/mol. The van der Waals surface area contributed by atoms with Crippen molar-refractivity contribution in [2.24, 2.45) is 11.3 Å². The predicted octanol–water partition coefficient (Wildman–Crippen LogP) is 2.26. The van der Waals surface area contributed by atoms with Gasteiger partial charge in [-0.2, -0.15) is 0 Å². The molecule has 0 saturated carbocycles. The molecule has 2 heterocycles. The third-order valence-corrected chi connectivity index (χ3v) is 5.57. The standard InChI is InChI=1S/C19H27FN2O3/c1-21(2)11-15-12-22(13-19(15)6-8-25-9-7-19)18(23)14-4-5-17(24-3)16(20)10-14/h4-5,10,15H,6-9,11-13H2,1-3H3. The smallest absolute Gasteiger partial charge is 0.253 e. The Kier molecular flexibility index (Phi) is 5.29. The minimum atomic E-state index is -0.502. The molecule has 1 spiro atoms. The van der Waals surface area contributed by atoms with Crippen molar-refractivity contribution in [3.05, 3.63) is 29.6 Å². The van der Waals surface area contributed by atoms with Crippen LogP contribution in [-0.4, -0.2) is 69.8 Å². The zero-order valence-electron chi connectivity index (χ0n) is 15.3. The summed E-state index contributed by atoms with van der Waals surface area (Å²) < 4.78 is 24.5. The van der Waals surface area contributed by atoms with Crippen LogP contribution in [-0.2, 0) is 4.74 Å². The Balaban J connectivity index is 1.80. The van der Waals surface area contributed by atoms with Gasteiger partial charge in [0.1, 0.15) is 0 Å². The summed E-state index contributed by atoms with van der Waals surface area (Å²) in [5.74, 6) is -0.0327. The number of amides is 1. The van der Waals surface area contributed by atoms with E-state index in [1.54, 1.807) is 6.07 Å². The number of halogens is 1. The summed E-state index contributed by atoms with van der Waals surface area (Å²) in [7, 11) is 5.55. The van der Waals surface area contributed by atoms with Gasteiger partial charge < -0.3 is 19.3 Å². The first-order chi connectivity index (χ1) is 11.9. The van der Waals surface area contributed by atoms with Crippen LogP contribution < -0.4 is 4.74 Å². The molecule has 2 fully saturated rings. The summed E-state index contributed by atoms with van der Waals surface area (Å²) in [6.07, 6.45) is 1.96. The molecule has 1 amide bonds. The summed E-state index contributed by atoms with van der Waals surface area (Å²) in [6, 6.07) is 4.43. The molecule has 1 unspecified atom stereocenters. The van der Waals surface area contributed by atoms with Crippen molar-refractivity contribution in [3.63, 3.8) is 0 Å². The van der Waals surface area contributed by atoms with Crippen molar-refractivity contribution in [1.29, 1.82) is 0 Å². The number of carbonyl (C=O) groups excluding carboxylic acids is 1. The minimum absolute atomic E-state index is 0.103. The highest BCUT2D eigenvalue weighted by atomic mass is 19.1. The molecule has 3 rings (SSSR count). The molecule has 1 atom stereocenters. The molecule has 2 aliphatic heterocycles. The normalized spacial score (nSPS) is 22.6. The van der Waals surface area contributed by atoms with Crippen LogP contribution in [0.3, 0.4) is 0 Å². The van der Waals surface area contributed by atoms with E-state index in [1.165, 1.54) is 19.2 Å². The summed E-state index contributed by atoms with van der Waals surface area (Å²) in [5, 5.41) is 0. The van der Waals surface area contributed by atoms with E-state index >= 15 is 0 Å². The third-order valence-electron chi connectivity index (χ3n) is 5.57. The van der Waals surface area contributed by atoms with E-state index in [-0.39, 0.29) is 17.1 Å². The number of hydrogen-bond donors (Lipinski definition) is 0. The monoisotopic (exact) mass is 350 g/mol. The molecule has 0 N–H and O–H groups in total. The number of hydrogen-bond acceptors (Lipinski definition) is 4. The van der Waals surface area contributed by atoms with Crippen molar-refractivity contribution >= 4 is 5.91 Å². The van der Waals surface area contributed by atoms with E-state index in [2.05, 4.69) is 19.0 Å². The number of benzene rings is 1. The van der Waals surface area contributed by atoms with Gasteiger partial charge >= 0.3 is 0 Å². The van der Waals surface area contributed by atoms with Gasteiger partial charge in [0.2, 0.25) is 0 Å². The van der Waals surface area contributed by atoms with Crippen LogP contribution in [0.1, 0.15) is 23.2 Å². The van der Waals surface area contributed by atoms with Crippen LogP contribution in [0.2, 0.25) is 0 Å². The Morgan fingerprint density at radius 3 is 2.72 bits per heavy atom. The molecule has 2 aliphatic rings. The Bertz CT molecular complexity index is 629. The topological polar surface area (TPSA) is 42.0 Å². The van der Waals surface area contributed by atoms with Crippen molar-refractivity contribution in [3.8, 4) is 5.75 Å².